The number of carbonyl (C=O) groups excluding carboxylic acids is 2. The minimum Gasteiger partial charge on any atom is -0.387 e. The van der Waals surface area contributed by atoms with Gasteiger partial charge in [-0.3, -0.25) is 9.59 Å². The van der Waals surface area contributed by atoms with Crippen LogP contribution in [0.25, 0.3) is 0 Å². The molecule has 0 bridgehead atoms. The van der Waals surface area contributed by atoms with Crippen LogP contribution >= 0.6 is 11.8 Å². The largest absolute Gasteiger partial charge is 0.387 e. The summed E-state index contributed by atoms with van der Waals surface area (Å²) in [6, 6.07) is 0. The molecule has 0 aromatic carbocycles. The van der Waals surface area contributed by atoms with Gasteiger partial charge >= 0.3 is 11.8 Å². The van der Waals surface area contributed by atoms with E-state index in [4.69, 9.17) is 4.74 Å². The summed E-state index contributed by atoms with van der Waals surface area (Å²) >= 11 is 1.48. The predicted octanol–water partition coefficient (Wildman–Crippen LogP) is -0.488. The molecule has 0 aliphatic carbocycles. The van der Waals surface area contributed by atoms with E-state index in [0.29, 0.717) is 18.9 Å². The van der Waals surface area contributed by atoms with Crippen LogP contribution in [0.2, 0.25) is 0 Å². The third-order valence-electron chi connectivity index (χ3n) is 2.81. The quantitative estimate of drug-likeness (QED) is 0.575. The van der Waals surface area contributed by atoms with Gasteiger partial charge in [0.25, 0.3) is 0 Å². The average molecular weight is 290 g/mol. The fourth-order valence-electron chi connectivity index (χ4n) is 1.81. The first-order valence-corrected chi connectivity index (χ1v) is 7.73. The Labute approximate surface area is 117 Å². The first-order valence-electron chi connectivity index (χ1n) is 6.33. The number of thioether (sulfide) groups is 1. The Kier molecular flexibility index (Phi) is 6.60. The first-order chi connectivity index (χ1) is 8.94. The van der Waals surface area contributed by atoms with Crippen molar-refractivity contribution in [2.75, 3.05) is 31.7 Å². The summed E-state index contributed by atoms with van der Waals surface area (Å²) < 4.78 is 5.34. The van der Waals surface area contributed by atoms with Gasteiger partial charge in [-0.05, 0) is 26.0 Å². The van der Waals surface area contributed by atoms with E-state index in [-0.39, 0.29) is 12.6 Å². The number of nitrogens with one attached hydrogen (secondary N) is 2. The van der Waals surface area contributed by atoms with Gasteiger partial charge in [-0.25, -0.2) is 0 Å². The molecule has 0 saturated carbocycles. The van der Waals surface area contributed by atoms with Gasteiger partial charge in [0.05, 0.1) is 11.7 Å². The van der Waals surface area contributed by atoms with Gasteiger partial charge in [0, 0.05) is 25.4 Å². The normalized spacial score (nSPS) is 21.7. The van der Waals surface area contributed by atoms with Crippen LogP contribution in [0, 0.1) is 0 Å². The van der Waals surface area contributed by atoms with Crippen LogP contribution in [0.1, 0.15) is 19.8 Å². The predicted molar refractivity (Wildman–Crippen MR) is 74.0 cm³/mol. The molecule has 0 aromatic rings. The molecule has 0 radical (unpaired) electrons. The molecule has 0 aromatic heterocycles. The molecule has 7 heteroatoms. The lowest BCUT2D eigenvalue weighted by Crippen LogP contribution is -2.48. The SMILES string of the molecule is CSC[C@](C)(O)CNC(=O)C(=O)NC[C@@H]1CCCO1. The number of hydrogen-bond acceptors (Lipinski definition) is 5. The number of carbonyl (C=O) groups is 2. The lowest BCUT2D eigenvalue weighted by Gasteiger charge is -2.22. The van der Waals surface area contributed by atoms with E-state index >= 15 is 0 Å². The molecule has 2 amide bonds. The zero-order valence-corrected chi connectivity index (χ0v) is 12.2. The van der Waals surface area contributed by atoms with E-state index in [1.807, 2.05) is 6.26 Å². The highest BCUT2D eigenvalue weighted by Crippen LogP contribution is 2.10. The molecule has 1 aliphatic heterocycles. The van der Waals surface area contributed by atoms with Crippen LogP contribution in [0.4, 0.5) is 0 Å². The minimum atomic E-state index is -1.01. The Morgan fingerprint density at radius 2 is 2.11 bits per heavy atom. The van der Waals surface area contributed by atoms with Crippen molar-refractivity contribution >= 4 is 23.6 Å². The number of aliphatic hydroxyl groups is 1. The van der Waals surface area contributed by atoms with Crippen molar-refractivity contribution < 1.29 is 19.4 Å². The smallest absolute Gasteiger partial charge is 0.309 e. The highest BCUT2D eigenvalue weighted by molar-refractivity contribution is 7.98. The van der Waals surface area contributed by atoms with Gasteiger partial charge in [-0.1, -0.05) is 0 Å². The van der Waals surface area contributed by atoms with Gasteiger partial charge in [0.2, 0.25) is 0 Å². The Morgan fingerprint density at radius 3 is 2.68 bits per heavy atom. The van der Waals surface area contributed by atoms with E-state index in [1.165, 1.54) is 11.8 Å². The average Bonchev–Trinajstić information content (AvgIpc) is 2.86. The zero-order valence-electron chi connectivity index (χ0n) is 11.4. The molecular weight excluding hydrogens is 268 g/mol. The van der Waals surface area contributed by atoms with Crippen molar-refractivity contribution in [2.24, 2.45) is 0 Å². The maximum atomic E-state index is 11.5. The van der Waals surface area contributed by atoms with Gasteiger partial charge < -0.3 is 20.5 Å². The second-order valence-corrected chi connectivity index (χ2v) is 5.82. The Bertz CT molecular complexity index is 317. The van der Waals surface area contributed by atoms with Crippen molar-refractivity contribution in [3.63, 3.8) is 0 Å². The van der Waals surface area contributed by atoms with E-state index in [9.17, 15) is 14.7 Å². The summed E-state index contributed by atoms with van der Waals surface area (Å²) in [6.45, 7) is 2.74. The zero-order chi connectivity index (χ0) is 14.3. The molecular formula is C12H22N2O4S. The summed E-state index contributed by atoms with van der Waals surface area (Å²) in [5, 5.41) is 14.8. The molecule has 1 heterocycles. The molecule has 1 fully saturated rings. The molecule has 0 unspecified atom stereocenters. The highest BCUT2D eigenvalue weighted by Gasteiger charge is 2.23. The van der Waals surface area contributed by atoms with Crippen LogP contribution < -0.4 is 10.6 Å². The maximum absolute atomic E-state index is 11.5. The van der Waals surface area contributed by atoms with Crippen molar-refractivity contribution in [1.29, 1.82) is 0 Å². The van der Waals surface area contributed by atoms with Crippen molar-refractivity contribution in [2.45, 2.75) is 31.5 Å². The van der Waals surface area contributed by atoms with Crippen LogP contribution in [-0.2, 0) is 14.3 Å². The Hall–Kier alpha value is -0.790. The molecule has 1 saturated heterocycles. The summed E-state index contributed by atoms with van der Waals surface area (Å²) in [5.41, 5.74) is -1.01. The summed E-state index contributed by atoms with van der Waals surface area (Å²) in [4.78, 5) is 23.0. The molecule has 19 heavy (non-hydrogen) atoms. The van der Waals surface area contributed by atoms with Crippen LogP contribution in [0.5, 0.6) is 0 Å². The number of rotatable bonds is 6. The summed E-state index contributed by atoms with van der Waals surface area (Å²) in [6.07, 6.45) is 3.77. The summed E-state index contributed by atoms with van der Waals surface area (Å²) in [7, 11) is 0. The van der Waals surface area contributed by atoms with Crippen LogP contribution in [0.3, 0.4) is 0 Å². The molecule has 6 nitrogen and oxygen atoms in total. The van der Waals surface area contributed by atoms with E-state index in [2.05, 4.69) is 10.6 Å². The van der Waals surface area contributed by atoms with Crippen molar-refractivity contribution in [3.05, 3.63) is 0 Å². The number of amides is 2. The van der Waals surface area contributed by atoms with Crippen molar-refractivity contribution in [1.82, 2.24) is 10.6 Å². The van der Waals surface area contributed by atoms with Gasteiger partial charge in [-0.15, -0.1) is 0 Å². The fourth-order valence-corrected chi connectivity index (χ4v) is 2.53. The van der Waals surface area contributed by atoms with Gasteiger partial charge in [0.15, 0.2) is 0 Å². The second kappa shape index (κ2) is 7.72. The standard InChI is InChI=1S/C12H22N2O4S/c1-12(17,8-19-2)7-14-11(16)10(15)13-6-9-4-3-5-18-9/h9,17H,3-8H2,1-2H3,(H,13,15)(H,14,16)/t9-,12+/m0/s1. The lowest BCUT2D eigenvalue weighted by atomic mass is 10.1. The van der Waals surface area contributed by atoms with Crippen molar-refractivity contribution in [3.8, 4) is 0 Å². The van der Waals surface area contributed by atoms with Gasteiger partial charge in [0.1, 0.15) is 0 Å². The summed E-state index contributed by atoms with van der Waals surface area (Å²) in [5.74, 6) is -0.917. The van der Waals surface area contributed by atoms with E-state index in [1.54, 1.807) is 6.92 Å². The number of hydrogen-bond donors (Lipinski definition) is 3. The lowest BCUT2D eigenvalue weighted by molar-refractivity contribution is -0.139. The highest BCUT2D eigenvalue weighted by atomic mass is 32.2. The Morgan fingerprint density at radius 1 is 1.42 bits per heavy atom. The molecule has 1 aliphatic rings. The molecule has 3 N–H and O–H groups in total. The fraction of sp³-hybridized carbons (Fsp3) is 0.833. The third-order valence-corrected chi connectivity index (χ3v) is 3.72. The third kappa shape index (κ3) is 6.26. The number of ether oxygens (including phenoxy) is 1. The molecule has 1 rings (SSSR count). The van der Waals surface area contributed by atoms with E-state index < -0.39 is 17.4 Å². The van der Waals surface area contributed by atoms with Crippen LogP contribution in [-0.4, -0.2) is 60.3 Å². The Balaban J connectivity index is 2.22. The maximum Gasteiger partial charge on any atom is 0.309 e. The monoisotopic (exact) mass is 290 g/mol. The molecule has 0 spiro atoms. The van der Waals surface area contributed by atoms with E-state index in [0.717, 1.165) is 12.8 Å². The first kappa shape index (κ1) is 16.3. The minimum absolute atomic E-state index is 0.0105. The van der Waals surface area contributed by atoms with Gasteiger partial charge in [-0.2, -0.15) is 11.8 Å². The molecule has 110 valence electrons. The molecule has 2 atom stereocenters. The second-order valence-electron chi connectivity index (χ2n) is 4.96. The van der Waals surface area contributed by atoms with Crippen LogP contribution in [0.15, 0.2) is 0 Å². The topological polar surface area (TPSA) is 87.7 Å².